The van der Waals surface area contributed by atoms with Gasteiger partial charge in [-0.1, -0.05) is 36.4 Å². The van der Waals surface area contributed by atoms with Crippen molar-refractivity contribution in [3.63, 3.8) is 0 Å². The smallest absolute Gasteiger partial charge is 0.344 e. The van der Waals surface area contributed by atoms with Gasteiger partial charge in [0.15, 0.2) is 18.1 Å². The lowest BCUT2D eigenvalue weighted by Crippen LogP contribution is -2.36. The number of rotatable bonds is 11. The molecule has 0 atom stereocenters. The van der Waals surface area contributed by atoms with Crippen LogP contribution in [-0.4, -0.2) is 63.8 Å². The van der Waals surface area contributed by atoms with Crippen LogP contribution in [0.3, 0.4) is 0 Å². The van der Waals surface area contributed by atoms with Crippen LogP contribution >= 0.6 is 0 Å². The molecule has 0 bridgehead atoms. The summed E-state index contributed by atoms with van der Waals surface area (Å²) in [4.78, 5) is 27.7. The number of hydrogen-bond donors (Lipinski definition) is 1. The highest BCUT2D eigenvalue weighted by Gasteiger charge is 2.27. The van der Waals surface area contributed by atoms with E-state index in [4.69, 9.17) is 18.9 Å². The van der Waals surface area contributed by atoms with Crippen molar-refractivity contribution in [2.24, 2.45) is 0 Å². The van der Waals surface area contributed by atoms with Gasteiger partial charge in [0.05, 0.1) is 20.6 Å². The summed E-state index contributed by atoms with van der Waals surface area (Å²) in [5.74, 6) is 0.0868. The van der Waals surface area contributed by atoms with Crippen molar-refractivity contribution in [3.05, 3.63) is 94.3 Å². The number of methoxy groups -OCH3 is 2. The maximum absolute atomic E-state index is 14.4. The number of nitrogens with zero attached hydrogens (tertiary/aromatic N) is 1. The normalized spacial score (nSPS) is 16.0. The first-order chi connectivity index (χ1) is 21.7. The molecule has 0 aromatic heterocycles. The quantitative estimate of drug-likeness (QED) is 0.270. The molecule has 45 heavy (non-hydrogen) atoms. The number of carbonyl (C=O) groups is 2. The first-order valence-corrected chi connectivity index (χ1v) is 15.0. The molecule has 1 saturated heterocycles. The number of carbonyl (C=O) groups excluding carboxylic acids is 2. The molecule has 9 heteroatoms. The van der Waals surface area contributed by atoms with E-state index in [1.807, 2.05) is 50.4 Å². The Bertz CT molecular complexity index is 1580. The molecule has 0 saturated carbocycles. The van der Waals surface area contributed by atoms with E-state index in [1.54, 1.807) is 18.2 Å². The highest BCUT2D eigenvalue weighted by Crippen LogP contribution is 2.45. The molecule has 1 N–H and O–H groups in total. The van der Waals surface area contributed by atoms with E-state index >= 15 is 0 Å². The zero-order valence-corrected chi connectivity index (χ0v) is 26.2. The van der Waals surface area contributed by atoms with Gasteiger partial charge in [-0.2, -0.15) is 0 Å². The fraction of sp³-hybridized carbons (Fsp3) is 0.333. The number of ether oxygens (including phenoxy) is 4. The standard InChI is InChI=1S/C36H39FN2O6/c1-23-29(28-11-10-26(37)19-31(28)30(23)20-34(40)38-21-24-8-6-5-7-9-24)16-25-17-32(42-3)36(33(18-25)43-4)44-22-35(41)45-27-12-14-39(2)15-13-27/h5-11,16-19,27H,12-15,20-22H2,1-4H3,(H,38,40)/b29-16-. The second-order valence-corrected chi connectivity index (χ2v) is 11.3. The lowest BCUT2D eigenvalue weighted by molar-refractivity contribution is -0.153. The van der Waals surface area contributed by atoms with Crippen LogP contribution in [0.2, 0.25) is 0 Å². The van der Waals surface area contributed by atoms with Gasteiger partial charge in [-0.3, -0.25) is 4.79 Å². The molecule has 0 unspecified atom stereocenters. The van der Waals surface area contributed by atoms with Gasteiger partial charge in [-0.15, -0.1) is 0 Å². The molecule has 3 aromatic rings. The summed E-state index contributed by atoms with van der Waals surface area (Å²) in [6, 6.07) is 17.9. The number of halogens is 1. The number of hydrogen-bond acceptors (Lipinski definition) is 7. The van der Waals surface area contributed by atoms with E-state index in [1.165, 1.54) is 26.4 Å². The Labute approximate surface area is 263 Å². The zero-order chi connectivity index (χ0) is 31.9. The van der Waals surface area contributed by atoms with Gasteiger partial charge in [0.2, 0.25) is 11.7 Å². The van der Waals surface area contributed by atoms with Crippen LogP contribution in [0.4, 0.5) is 4.39 Å². The van der Waals surface area contributed by atoms with Crippen LogP contribution in [0, 0.1) is 5.82 Å². The molecule has 0 radical (unpaired) electrons. The summed E-state index contributed by atoms with van der Waals surface area (Å²) in [6.45, 7) is 3.83. The van der Waals surface area contributed by atoms with Crippen LogP contribution < -0.4 is 19.5 Å². The third-order valence-corrected chi connectivity index (χ3v) is 8.22. The summed E-state index contributed by atoms with van der Waals surface area (Å²) < 4.78 is 37.1. The minimum Gasteiger partial charge on any atom is -0.493 e. The monoisotopic (exact) mass is 614 g/mol. The summed E-state index contributed by atoms with van der Waals surface area (Å²) >= 11 is 0. The van der Waals surface area contributed by atoms with Crippen molar-refractivity contribution in [3.8, 4) is 17.2 Å². The number of esters is 1. The Morgan fingerprint density at radius 2 is 1.67 bits per heavy atom. The van der Waals surface area contributed by atoms with Gasteiger partial charge in [0.25, 0.3) is 0 Å². The number of nitrogens with one attached hydrogen (secondary N) is 1. The third kappa shape index (κ3) is 7.72. The predicted octanol–water partition coefficient (Wildman–Crippen LogP) is 5.89. The molecule has 8 nitrogen and oxygen atoms in total. The van der Waals surface area contributed by atoms with Crippen molar-refractivity contribution >= 4 is 29.1 Å². The average Bonchev–Trinajstić information content (AvgIpc) is 3.29. The maximum atomic E-state index is 14.4. The van der Waals surface area contributed by atoms with Gasteiger partial charge in [0.1, 0.15) is 11.9 Å². The first-order valence-electron chi connectivity index (χ1n) is 15.0. The summed E-state index contributed by atoms with van der Waals surface area (Å²) in [6.07, 6.45) is 3.53. The first kappa shape index (κ1) is 31.8. The van der Waals surface area contributed by atoms with Gasteiger partial charge in [0, 0.05) is 19.6 Å². The fourth-order valence-electron chi connectivity index (χ4n) is 5.75. The molecule has 5 rings (SSSR count). The number of likely N-dealkylation sites (tertiary alicyclic amines) is 1. The Morgan fingerprint density at radius 3 is 2.33 bits per heavy atom. The maximum Gasteiger partial charge on any atom is 0.344 e. The van der Waals surface area contributed by atoms with Crippen molar-refractivity contribution in [2.75, 3.05) is 41.0 Å². The van der Waals surface area contributed by atoms with E-state index in [-0.39, 0.29) is 30.9 Å². The van der Waals surface area contributed by atoms with Crippen molar-refractivity contribution in [1.82, 2.24) is 10.2 Å². The molecule has 1 amide bonds. The van der Waals surface area contributed by atoms with Crippen molar-refractivity contribution in [2.45, 2.75) is 38.8 Å². The molecule has 0 spiro atoms. The van der Waals surface area contributed by atoms with Crippen LogP contribution in [0.25, 0.3) is 17.2 Å². The second kappa shape index (κ2) is 14.4. The Balaban J connectivity index is 1.36. The molecule has 2 aliphatic rings. The van der Waals surface area contributed by atoms with E-state index in [9.17, 15) is 14.0 Å². The number of piperidine rings is 1. The molecule has 1 fully saturated rings. The fourth-order valence-corrected chi connectivity index (χ4v) is 5.75. The van der Waals surface area contributed by atoms with E-state index < -0.39 is 5.97 Å². The SMILES string of the molecule is COc1cc(/C=C2/C(C)=C(CC(=O)NCc3ccccc3)c3cc(F)ccc32)cc(OC)c1OCC(=O)OC1CCN(C)CC1. The molecular formula is C36H39FN2O6. The van der Waals surface area contributed by atoms with Crippen molar-refractivity contribution < 1.29 is 32.9 Å². The molecule has 1 heterocycles. The number of allylic oxidation sites excluding steroid dienone is 2. The van der Waals surface area contributed by atoms with E-state index in [0.717, 1.165) is 59.3 Å². The Morgan fingerprint density at radius 1 is 0.978 bits per heavy atom. The molecule has 3 aromatic carbocycles. The summed E-state index contributed by atoms with van der Waals surface area (Å²) in [5.41, 5.74) is 5.76. The number of benzene rings is 3. The molecule has 1 aliphatic carbocycles. The second-order valence-electron chi connectivity index (χ2n) is 11.3. The van der Waals surface area contributed by atoms with E-state index in [2.05, 4.69) is 10.2 Å². The van der Waals surface area contributed by atoms with Gasteiger partial charge < -0.3 is 29.2 Å². The highest BCUT2D eigenvalue weighted by molar-refractivity contribution is 6.08. The third-order valence-electron chi connectivity index (χ3n) is 8.22. The topological polar surface area (TPSA) is 86.3 Å². The van der Waals surface area contributed by atoms with Crippen LogP contribution in [-0.2, 0) is 20.9 Å². The minimum atomic E-state index is -0.448. The predicted molar refractivity (Wildman–Crippen MR) is 171 cm³/mol. The van der Waals surface area contributed by atoms with Gasteiger partial charge in [-0.25, -0.2) is 9.18 Å². The Kier molecular flexibility index (Phi) is 10.2. The van der Waals surface area contributed by atoms with E-state index in [0.29, 0.717) is 29.4 Å². The minimum absolute atomic E-state index is 0.111. The van der Waals surface area contributed by atoms with Crippen LogP contribution in [0.15, 0.2) is 66.2 Å². The summed E-state index contributed by atoms with van der Waals surface area (Å²) in [5, 5.41) is 2.97. The number of amides is 1. The summed E-state index contributed by atoms with van der Waals surface area (Å²) in [7, 11) is 5.08. The molecule has 1 aliphatic heterocycles. The molecular weight excluding hydrogens is 575 g/mol. The largest absolute Gasteiger partial charge is 0.493 e. The van der Waals surface area contributed by atoms with Crippen molar-refractivity contribution in [1.29, 1.82) is 0 Å². The average molecular weight is 615 g/mol. The number of fused-ring (bicyclic) bond motifs is 1. The molecule has 236 valence electrons. The Hall–Kier alpha value is -4.63. The highest BCUT2D eigenvalue weighted by atomic mass is 19.1. The van der Waals surface area contributed by atoms with Crippen LogP contribution in [0.5, 0.6) is 17.2 Å². The zero-order valence-electron chi connectivity index (χ0n) is 26.2. The van der Waals surface area contributed by atoms with Gasteiger partial charge >= 0.3 is 5.97 Å². The van der Waals surface area contributed by atoms with Gasteiger partial charge in [-0.05, 0) is 96.1 Å². The lowest BCUT2D eigenvalue weighted by atomic mass is 10.00. The van der Waals surface area contributed by atoms with Crippen LogP contribution in [0.1, 0.15) is 48.4 Å². The lowest BCUT2D eigenvalue weighted by Gasteiger charge is -2.28.